The first-order chi connectivity index (χ1) is 9.90. The summed E-state index contributed by atoms with van der Waals surface area (Å²) in [7, 11) is 0. The highest BCUT2D eigenvalue weighted by Gasteiger charge is 2.15. The van der Waals surface area contributed by atoms with Gasteiger partial charge in [0.05, 0.1) is 13.9 Å². The highest BCUT2D eigenvalue weighted by Crippen LogP contribution is 2.37. The monoisotopic (exact) mass is 478 g/mol. The van der Waals surface area contributed by atoms with Gasteiger partial charge in [0.2, 0.25) is 0 Å². The van der Waals surface area contributed by atoms with Gasteiger partial charge < -0.3 is 10.5 Å². The van der Waals surface area contributed by atoms with Gasteiger partial charge in [-0.15, -0.1) is 0 Å². The van der Waals surface area contributed by atoms with Crippen molar-refractivity contribution in [1.82, 2.24) is 0 Å². The smallest absolute Gasteiger partial charge is 0.292 e. The second-order valence-electron chi connectivity index (χ2n) is 4.09. The molecule has 0 radical (unpaired) electrons. The van der Waals surface area contributed by atoms with Crippen LogP contribution in [-0.2, 0) is 6.61 Å². The number of hydrogen-bond acceptors (Lipinski definition) is 4. The molecule has 8 heteroatoms. The van der Waals surface area contributed by atoms with E-state index in [1.54, 1.807) is 12.1 Å². The molecular formula is C13H9Br3N2O3. The molecule has 2 N–H and O–H groups in total. The average molecular weight is 481 g/mol. The molecule has 0 aromatic heterocycles. The van der Waals surface area contributed by atoms with Gasteiger partial charge in [-0.3, -0.25) is 10.1 Å². The number of ether oxygens (including phenoxy) is 1. The molecule has 2 aromatic rings. The van der Waals surface area contributed by atoms with Crippen LogP contribution < -0.4 is 10.5 Å². The second-order valence-corrected chi connectivity index (χ2v) is 6.72. The largest absolute Gasteiger partial charge is 0.486 e. The normalized spacial score (nSPS) is 10.4. The van der Waals surface area contributed by atoms with Crippen LogP contribution in [0.25, 0.3) is 0 Å². The van der Waals surface area contributed by atoms with Gasteiger partial charge in [0, 0.05) is 16.1 Å². The van der Waals surface area contributed by atoms with Crippen LogP contribution in [0.15, 0.2) is 43.7 Å². The Kier molecular flexibility index (Phi) is 5.23. The van der Waals surface area contributed by atoms with Crippen LogP contribution in [-0.4, -0.2) is 4.92 Å². The first-order valence-corrected chi connectivity index (χ1v) is 8.07. The number of para-hydroxylation sites is 1. The summed E-state index contributed by atoms with van der Waals surface area (Å²) >= 11 is 10.2. The number of halogens is 3. The Morgan fingerprint density at radius 1 is 1.19 bits per heavy atom. The Labute approximate surface area is 146 Å². The predicted octanol–water partition coefficient (Wildman–Crippen LogP) is 5.04. The summed E-state index contributed by atoms with van der Waals surface area (Å²) in [5.74, 6) is 0.601. The lowest BCUT2D eigenvalue weighted by atomic mass is 10.1. The Hall–Kier alpha value is -1.12. The average Bonchev–Trinajstić information content (AvgIpc) is 2.38. The van der Waals surface area contributed by atoms with Crippen LogP contribution in [0.1, 0.15) is 5.56 Å². The maximum Gasteiger partial charge on any atom is 0.292 e. The van der Waals surface area contributed by atoms with E-state index in [-0.39, 0.29) is 18.0 Å². The predicted molar refractivity (Wildman–Crippen MR) is 91.4 cm³/mol. The van der Waals surface area contributed by atoms with E-state index in [1.165, 1.54) is 6.07 Å². The topological polar surface area (TPSA) is 78.4 Å². The van der Waals surface area contributed by atoms with Crippen molar-refractivity contribution >= 4 is 59.2 Å². The third-order valence-corrected chi connectivity index (χ3v) is 4.34. The quantitative estimate of drug-likeness (QED) is 0.377. The maximum atomic E-state index is 10.9. The summed E-state index contributed by atoms with van der Waals surface area (Å²) in [6, 6.07) is 8.33. The number of anilines is 1. The fourth-order valence-electron chi connectivity index (χ4n) is 1.70. The summed E-state index contributed by atoms with van der Waals surface area (Å²) in [5, 5.41) is 10.9. The first-order valence-electron chi connectivity index (χ1n) is 5.69. The number of nitrogens with two attached hydrogens (primary N) is 1. The molecule has 0 heterocycles. The highest BCUT2D eigenvalue weighted by molar-refractivity contribution is 9.11. The van der Waals surface area contributed by atoms with Crippen LogP contribution in [0.5, 0.6) is 5.75 Å². The number of nitrogen functional groups attached to an aromatic ring is 1. The van der Waals surface area contributed by atoms with Crippen molar-refractivity contribution in [2.75, 3.05) is 5.73 Å². The molecule has 2 rings (SSSR count). The molecule has 0 saturated heterocycles. The van der Waals surface area contributed by atoms with Crippen molar-refractivity contribution < 1.29 is 9.66 Å². The number of nitrogens with zero attached hydrogens (tertiary/aromatic N) is 1. The fraction of sp³-hybridized carbons (Fsp3) is 0.0769. The van der Waals surface area contributed by atoms with E-state index in [0.29, 0.717) is 11.3 Å². The Bertz CT molecular complexity index is 684. The Morgan fingerprint density at radius 3 is 2.38 bits per heavy atom. The van der Waals surface area contributed by atoms with Crippen molar-refractivity contribution in [2.24, 2.45) is 0 Å². The minimum absolute atomic E-state index is 0.117. The third-order valence-electron chi connectivity index (χ3n) is 2.71. The van der Waals surface area contributed by atoms with Gasteiger partial charge in [0.25, 0.3) is 5.69 Å². The van der Waals surface area contributed by atoms with Crippen LogP contribution in [0.4, 0.5) is 11.4 Å². The molecule has 21 heavy (non-hydrogen) atoms. The lowest BCUT2D eigenvalue weighted by molar-refractivity contribution is -0.384. The van der Waals surface area contributed by atoms with Gasteiger partial charge in [-0.05, 0) is 44.0 Å². The van der Waals surface area contributed by atoms with Crippen LogP contribution in [0.2, 0.25) is 0 Å². The minimum atomic E-state index is -0.510. The summed E-state index contributed by atoms with van der Waals surface area (Å²) in [5.41, 5.74) is 6.35. The van der Waals surface area contributed by atoms with Crippen LogP contribution in [0, 0.1) is 10.1 Å². The Balaban J connectivity index is 2.25. The SMILES string of the molecule is Nc1c(COc2c(Br)cc(Br)cc2Br)cccc1[N+](=O)[O-]. The van der Waals surface area contributed by atoms with Crippen molar-refractivity contribution in [3.05, 3.63) is 59.4 Å². The summed E-state index contributed by atoms with van der Waals surface area (Å²) in [4.78, 5) is 10.3. The molecule has 110 valence electrons. The van der Waals surface area contributed by atoms with Gasteiger partial charge in [-0.25, -0.2) is 0 Å². The number of rotatable bonds is 4. The molecule has 0 saturated carbocycles. The van der Waals surface area contributed by atoms with Crippen molar-refractivity contribution in [2.45, 2.75) is 6.61 Å². The molecule has 0 aliphatic rings. The molecule has 0 spiro atoms. The fourth-order valence-corrected chi connectivity index (χ4v) is 4.19. The minimum Gasteiger partial charge on any atom is -0.486 e. The molecule has 2 aromatic carbocycles. The maximum absolute atomic E-state index is 10.9. The molecular weight excluding hydrogens is 472 g/mol. The van der Waals surface area contributed by atoms with Gasteiger partial charge in [-0.2, -0.15) is 0 Å². The number of nitro groups is 1. The van der Waals surface area contributed by atoms with Crippen LogP contribution >= 0.6 is 47.8 Å². The van der Waals surface area contributed by atoms with E-state index in [2.05, 4.69) is 47.8 Å². The van der Waals surface area contributed by atoms with E-state index in [1.807, 2.05) is 12.1 Å². The zero-order chi connectivity index (χ0) is 15.6. The number of hydrogen-bond donors (Lipinski definition) is 1. The van der Waals surface area contributed by atoms with Gasteiger partial charge in [0.1, 0.15) is 18.0 Å². The van der Waals surface area contributed by atoms with Gasteiger partial charge in [0.15, 0.2) is 0 Å². The Morgan fingerprint density at radius 2 is 1.81 bits per heavy atom. The summed E-state index contributed by atoms with van der Waals surface area (Å²) < 4.78 is 8.11. The zero-order valence-electron chi connectivity index (χ0n) is 10.5. The standard InChI is InChI=1S/C13H9Br3N2O3/c14-8-4-9(15)13(10(16)5-8)21-6-7-2-1-3-11(12(7)17)18(19)20/h1-5H,6,17H2. The molecule has 0 bridgehead atoms. The molecule has 0 fully saturated rings. The van der Waals surface area contributed by atoms with Gasteiger partial charge in [-0.1, -0.05) is 28.1 Å². The third kappa shape index (κ3) is 3.75. The van der Waals surface area contributed by atoms with Crippen LogP contribution in [0.3, 0.4) is 0 Å². The number of benzene rings is 2. The van der Waals surface area contributed by atoms with Crippen molar-refractivity contribution in [3.8, 4) is 5.75 Å². The second kappa shape index (κ2) is 6.76. The molecule has 0 aliphatic carbocycles. The molecule has 0 unspecified atom stereocenters. The highest BCUT2D eigenvalue weighted by atomic mass is 79.9. The lowest BCUT2D eigenvalue weighted by Crippen LogP contribution is -2.04. The molecule has 0 aliphatic heterocycles. The van der Waals surface area contributed by atoms with E-state index < -0.39 is 4.92 Å². The lowest BCUT2D eigenvalue weighted by Gasteiger charge is -2.12. The molecule has 0 amide bonds. The van der Waals surface area contributed by atoms with Crippen molar-refractivity contribution in [1.29, 1.82) is 0 Å². The zero-order valence-corrected chi connectivity index (χ0v) is 15.2. The van der Waals surface area contributed by atoms with E-state index in [0.717, 1.165) is 13.4 Å². The molecule has 5 nitrogen and oxygen atoms in total. The van der Waals surface area contributed by atoms with Gasteiger partial charge >= 0.3 is 0 Å². The van der Waals surface area contributed by atoms with E-state index in [4.69, 9.17) is 10.5 Å². The van der Waals surface area contributed by atoms with E-state index in [9.17, 15) is 10.1 Å². The summed E-state index contributed by atoms with van der Waals surface area (Å²) in [6.45, 7) is 0.131. The number of nitro benzene ring substituents is 1. The van der Waals surface area contributed by atoms with E-state index >= 15 is 0 Å². The van der Waals surface area contributed by atoms with Crippen molar-refractivity contribution in [3.63, 3.8) is 0 Å². The first kappa shape index (κ1) is 16.3. The molecule has 0 atom stereocenters. The summed E-state index contributed by atoms with van der Waals surface area (Å²) in [6.07, 6.45) is 0.